The molecule has 1 aliphatic heterocycles. The lowest BCUT2D eigenvalue weighted by Gasteiger charge is -2.24. The van der Waals surface area contributed by atoms with Gasteiger partial charge in [0.1, 0.15) is 5.75 Å². The van der Waals surface area contributed by atoms with E-state index in [1.54, 1.807) is 48.4 Å². The minimum Gasteiger partial charge on any atom is -0.497 e. The molecule has 1 saturated heterocycles. The molecular weight excluding hydrogens is 290 g/mol. The van der Waals surface area contributed by atoms with Gasteiger partial charge in [-0.1, -0.05) is 30.3 Å². The molecule has 4 nitrogen and oxygen atoms in total. The van der Waals surface area contributed by atoms with Crippen LogP contribution in [0, 0.1) is 0 Å². The second kappa shape index (κ2) is 6.65. The summed E-state index contributed by atoms with van der Waals surface area (Å²) >= 11 is 0. The Kier molecular flexibility index (Phi) is 4.42. The Morgan fingerprint density at radius 2 is 1.70 bits per heavy atom. The van der Waals surface area contributed by atoms with Crippen molar-refractivity contribution in [2.75, 3.05) is 13.7 Å². The number of carbonyl (C=O) groups excluding carboxylic acids is 2. The van der Waals surface area contributed by atoms with Crippen LogP contribution in [0.1, 0.15) is 33.6 Å². The number of nitrogens with zero attached hydrogens (tertiary/aromatic N) is 1. The molecule has 118 valence electrons. The lowest BCUT2D eigenvalue weighted by atomic mass is 10.0. The van der Waals surface area contributed by atoms with Gasteiger partial charge in [-0.25, -0.2) is 0 Å². The lowest BCUT2D eigenvalue weighted by molar-refractivity contribution is 0.0671. The van der Waals surface area contributed by atoms with Crippen LogP contribution >= 0.6 is 0 Å². The van der Waals surface area contributed by atoms with E-state index in [2.05, 4.69) is 0 Å². The molecule has 23 heavy (non-hydrogen) atoms. The Morgan fingerprint density at radius 1 is 1.00 bits per heavy atom. The Hall–Kier alpha value is -2.62. The highest BCUT2D eigenvalue weighted by Gasteiger charge is 2.34. The van der Waals surface area contributed by atoms with Crippen LogP contribution in [0.15, 0.2) is 54.6 Å². The van der Waals surface area contributed by atoms with Crippen LogP contribution in [0.25, 0.3) is 0 Å². The summed E-state index contributed by atoms with van der Waals surface area (Å²) in [6.07, 6.45) is 1.57. The fourth-order valence-corrected chi connectivity index (χ4v) is 2.98. The normalized spacial score (nSPS) is 17.1. The average molecular weight is 309 g/mol. The highest BCUT2D eigenvalue weighted by molar-refractivity contribution is 6.04. The number of ether oxygens (including phenoxy) is 1. The molecule has 4 heteroatoms. The summed E-state index contributed by atoms with van der Waals surface area (Å²) in [6.45, 7) is 0.619. The second-order valence-corrected chi connectivity index (χ2v) is 5.62. The molecule has 1 aliphatic rings. The van der Waals surface area contributed by atoms with Gasteiger partial charge in [0.2, 0.25) is 0 Å². The first kappa shape index (κ1) is 15.3. The van der Waals surface area contributed by atoms with Crippen molar-refractivity contribution in [3.63, 3.8) is 0 Å². The van der Waals surface area contributed by atoms with Gasteiger partial charge in [0.15, 0.2) is 5.78 Å². The first-order valence-corrected chi connectivity index (χ1v) is 7.75. The number of hydrogen-bond acceptors (Lipinski definition) is 3. The van der Waals surface area contributed by atoms with Gasteiger partial charge in [-0.05, 0) is 37.1 Å². The van der Waals surface area contributed by atoms with Gasteiger partial charge in [0, 0.05) is 17.7 Å². The molecule has 1 unspecified atom stereocenters. The van der Waals surface area contributed by atoms with Crippen LogP contribution in [0.2, 0.25) is 0 Å². The maximum Gasteiger partial charge on any atom is 0.254 e. The predicted molar refractivity (Wildman–Crippen MR) is 87.8 cm³/mol. The number of ketones is 1. The van der Waals surface area contributed by atoms with Crippen molar-refractivity contribution in [3.8, 4) is 5.75 Å². The topological polar surface area (TPSA) is 46.6 Å². The zero-order chi connectivity index (χ0) is 16.2. The fourth-order valence-electron chi connectivity index (χ4n) is 2.98. The molecule has 1 atom stereocenters. The molecule has 1 heterocycles. The largest absolute Gasteiger partial charge is 0.497 e. The number of Topliss-reactive ketones (excluding diaryl/α,β-unsaturated/α-hetero) is 1. The number of hydrogen-bond donors (Lipinski definition) is 0. The lowest BCUT2D eigenvalue weighted by Crippen LogP contribution is -2.40. The van der Waals surface area contributed by atoms with Crippen LogP contribution in [-0.2, 0) is 0 Å². The third-order valence-electron chi connectivity index (χ3n) is 4.21. The SMILES string of the molecule is COc1ccc(C(=O)N2CCCC2C(=O)c2ccccc2)cc1. The van der Waals surface area contributed by atoms with Crippen LogP contribution in [0.5, 0.6) is 5.75 Å². The van der Waals surface area contributed by atoms with E-state index in [0.717, 1.165) is 12.8 Å². The summed E-state index contributed by atoms with van der Waals surface area (Å²) in [5.41, 5.74) is 1.24. The maximum atomic E-state index is 12.7. The molecule has 0 saturated carbocycles. The summed E-state index contributed by atoms with van der Waals surface area (Å²) in [4.78, 5) is 27.1. The van der Waals surface area contributed by atoms with Crippen molar-refractivity contribution in [2.24, 2.45) is 0 Å². The quantitative estimate of drug-likeness (QED) is 0.815. The van der Waals surface area contributed by atoms with Gasteiger partial charge in [-0.15, -0.1) is 0 Å². The molecule has 1 amide bonds. The molecule has 0 N–H and O–H groups in total. The Bertz CT molecular complexity index is 694. The minimum atomic E-state index is -0.369. The van der Waals surface area contributed by atoms with Gasteiger partial charge < -0.3 is 9.64 Å². The molecule has 0 radical (unpaired) electrons. The number of rotatable bonds is 4. The first-order valence-electron chi connectivity index (χ1n) is 7.75. The molecule has 3 rings (SSSR count). The second-order valence-electron chi connectivity index (χ2n) is 5.62. The van der Waals surface area contributed by atoms with Crippen molar-refractivity contribution in [1.82, 2.24) is 4.90 Å². The average Bonchev–Trinajstić information content (AvgIpc) is 3.11. The van der Waals surface area contributed by atoms with Crippen LogP contribution in [0.3, 0.4) is 0 Å². The molecule has 0 bridgehead atoms. The van der Waals surface area contributed by atoms with Crippen LogP contribution in [-0.4, -0.2) is 36.3 Å². The third-order valence-corrected chi connectivity index (χ3v) is 4.21. The van der Waals surface area contributed by atoms with E-state index >= 15 is 0 Å². The van der Waals surface area contributed by atoms with Crippen LogP contribution < -0.4 is 4.74 Å². The Morgan fingerprint density at radius 3 is 2.35 bits per heavy atom. The Balaban J connectivity index is 1.80. The van der Waals surface area contributed by atoms with E-state index in [4.69, 9.17) is 4.74 Å². The van der Waals surface area contributed by atoms with E-state index in [1.807, 2.05) is 18.2 Å². The van der Waals surface area contributed by atoms with Crippen molar-refractivity contribution in [2.45, 2.75) is 18.9 Å². The number of methoxy groups -OCH3 is 1. The highest BCUT2D eigenvalue weighted by Crippen LogP contribution is 2.24. The molecule has 2 aromatic carbocycles. The molecule has 0 aliphatic carbocycles. The van der Waals surface area contributed by atoms with Gasteiger partial charge in [0.05, 0.1) is 13.2 Å². The maximum absolute atomic E-state index is 12.7. The molecule has 1 fully saturated rings. The smallest absolute Gasteiger partial charge is 0.254 e. The molecule has 0 aromatic heterocycles. The summed E-state index contributed by atoms with van der Waals surface area (Å²) in [7, 11) is 1.59. The zero-order valence-electron chi connectivity index (χ0n) is 13.1. The standard InChI is InChI=1S/C19H19NO3/c1-23-16-11-9-15(10-12-16)19(22)20-13-5-8-17(20)18(21)14-6-3-2-4-7-14/h2-4,6-7,9-12,17H,5,8,13H2,1H3. The van der Waals surface area contributed by atoms with E-state index < -0.39 is 0 Å². The molecule has 0 spiro atoms. The zero-order valence-corrected chi connectivity index (χ0v) is 13.1. The van der Waals surface area contributed by atoms with E-state index in [1.165, 1.54) is 0 Å². The van der Waals surface area contributed by atoms with Crippen molar-refractivity contribution in [1.29, 1.82) is 0 Å². The van der Waals surface area contributed by atoms with Gasteiger partial charge in [-0.3, -0.25) is 9.59 Å². The number of benzene rings is 2. The van der Waals surface area contributed by atoms with Gasteiger partial charge in [-0.2, -0.15) is 0 Å². The van der Waals surface area contributed by atoms with E-state index in [0.29, 0.717) is 23.4 Å². The highest BCUT2D eigenvalue weighted by atomic mass is 16.5. The summed E-state index contributed by atoms with van der Waals surface area (Å²) in [5, 5.41) is 0. The van der Waals surface area contributed by atoms with Crippen molar-refractivity contribution < 1.29 is 14.3 Å². The predicted octanol–water partition coefficient (Wildman–Crippen LogP) is 3.18. The monoisotopic (exact) mass is 309 g/mol. The summed E-state index contributed by atoms with van der Waals surface area (Å²) in [6, 6.07) is 15.8. The van der Waals surface area contributed by atoms with Gasteiger partial charge >= 0.3 is 0 Å². The van der Waals surface area contributed by atoms with Crippen LogP contribution in [0.4, 0.5) is 0 Å². The minimum absolute atomic E-state index is 0.0185. The summed E-state index contributed by atoms with van der Waals surface area (Å²) < 4.78 is 5.11. The van der Waals surface area contributed by atoms with Gasteiger partial charge in [0.25, 0.3) is 5.91 Å². The Labute approximate surface area is 135 Å². The first-order chi connectivity index (χ1) is 11.2. The summed E-state index contributed by atoms with van der Waals surface area (Å²) in [5.74, 6) is 0.629. The van der Waals surface area contributed by atoms with Crippen molar-refractivity contribution >= 4 is 11.7 Å². The molecule has 2 aromatic rings. The number of likely N-dealkylation sites (tertiary alicyclic amines) is 1. The number of carbonyl (C=O) groups is 2. The third kappa shape index (κ3) is 3.11. The van der Waals surface area contributed by atoms with E-state index in [-0.39, 0.29) is 17.7 Å². The molecular formula is C19H19NO3. The fraction of sp³-hybridized carbons (Fsp3) is 0.263. The van der Waals surface area contributed by atoms with Crippen molar-refractivity contribution in [3.05, 3.63) is 65.7 Å². The van der Waals surface area contributed by atoms with E-state index in [9.17, 15) is 9.59 Å². The number of amides is 1.